The van der Waals surface area contributed by atoms with Crippen LogP contribution in [0.2, 0.25) is 0 Å². The molecule has 68 valence electrons. The number of quaternary nitrogens is 1. The molecule has 0 atom stereocenters. The first kappa shape index (κ1) is 9.76. The van der Waals surface area contributed by atoms with Crippen LogP contribution in [-0.4, -0.2) is 13.1 Å². The summed E-state index contributed by atoms with van der Waals surface area (Å²) in [5, 5.41) is 10.5. The second-order valence-electron chi connectivity index (χ2n) is 3.01. The molecule has 13 heavy (non-hydrogen) atoms. The molecule has 2 nitrogen and oxygen atoms in total. The summed E-state index contributed by atoms with van der Waals surface area (Å²) in [6.07, 6.45) is 1.74. The van der Waals surface area contributed by atoms with E-state index in [4.69, 9.17) is 5.26 Å². The third kappa shape index (κ3) is 4.29. The van der Waals surface area contributed by atoms with Crippen molar-refractivity contribution >= 4 is 0 Å². The van der Waals surface area contributed by atoms with Gasteiger partial charge in [-0.1, -0.05) is 30.3 Å². The summed E-state index contributed by atoms with van der Waals surface area (Å²) in [4.78, 5) is 0. The Balaban J connectivity index is 2.11. The molecule has 0 aliphatic carbocycles. The Hall–Kier alpha value is -1.33. The predicted octanol–water partition coefficient (Wildman–Crippen LogP) is 0.706. The van der Waals surface area contributed by atoms with E-state index in [1.165, 1.54) is 5.56 Å². The molecule has 1 aromatic rings. The van der Waals surface area contributed by atoms with Crippen LogP contribution in [0, 0.1) is 11.3 Å². The van der Waals surface area contributed by atoms with Crippen LogP contribution in [0.1, 0.15) is 12.0 Å². The maximum absolute atomic E-state index is 8.31. The lowest BCUT2D eigenvalue weighted by Gasteiger charge is -1.99. The highest BCUT2D eigenvalue weighted by molar-refractivity contribution is 5.14. The van der Waals surface area contributed by atoms with Crippen LogP contribution < -0.4 is 5.32 Å². The van der Waals surface area contributed by atoms with Crippen LogP contribution in [0.25, 0.3) is 0 Å². The lowest BCUT2D eigenvalue weighted by atomic mass is 10.1. The summed E-state index contributed by atoms with van der Waals surface area (Å²) in [7, 11) is 0. The highest BCUT2D eigenvalue weighted by atomic mass is 14.8. The first-order valence-electron chi connectivity index (χ1n) is 4.66. The number of nitrogens with zero attached hydrogens (tertiary/aromatic N) is 1. The van der Waals surface area contributed by atoms with Crippen molar-refractivity contribution in [3.05, 3.63) is 35.9 Å². The lowest BCUT2D eigenvalue weighted by molar-refractivity contribution is -0.653. The smallest absolute Gasteiger partial charge is 0.0887 e. The van der Waals surface area contributed by atoms with Crippen molar-refractivity contribution in [2.24, 2.45) is 0 Å². The second-order valence-corrected chi connectivity index (χ2v) is 3.01. The van der Waals surface area contributed by atoms with Crippen molar-refractivity contribution < 1.29 is 5.32 Å². The highest BCUT2D eigenvalue weighted by Gasteiger charge is 1.92. The number of hydrogen-bond acceptors (Lipinski definition) is 1. The van der Waals surface area contributed by atoms with Gasteiger partial charge in [0.2, 0.25) is 0 Å². The Morgan fingerprint density at radius 3 is 2.62 bits per heavy atom. The summed E-state index contributed by atoms with van der Waals surface area (Å²) in [6.45, 7) is 2.00. The summed E-state index contributed by atoms with van der Waals surface area (Å²) >= 11 is 0. The maximum atomic E-state index is 8.31. The molecule has 0 spiro atoms. The van der Waals surface area contributed by atoms with Crippen molar-refractivity contribution in [1.29, 1.82) is 5.26 Å². The zero-order valence-corrected chi connectivity index (χ0v) is 7.74. The Kier molecular flexibility index (Phi) is 4.66. The lowest BCUT2D eigenvalue weighted by Crippen LogP contribution is -2.84. The zero-order chi connectivity index (χ0) is 9.36. The molecule has 0 fully saturated rings. The number of benzene rings is 1. The third-order valence-corrected chi connectivity index (χ3v) is 1.94. The number of nitriles is 1. The fourth-order valence-electron chi connectivity index (χ4n) is 1.22. The van der Waals surface area contributed by atoms with Gasteiger partial charge in [-0.15, -0.1) is 0 Å². The van der Waals surface area contributed by atoms with Gasteiger partial charge in [0.25, 0.3) is 0 Å². The van der Waals surface area contributed by atoms with Crippen molar-refractivity contribution in [2.45, 2.75) is 12.8 Å². The molecule has 0 bridgehead atoms. The Labute approximate surface area is 79.2 Å². The van der Waals surface area contributed by atoms with E-state index < -0.39 is 0 Å². The average Bonchev–Trinajstić information content (AvgIpc) is 2.19. The molecule has 0 aromatic heterocycles. The monoisotopic (exact) mass is 175 g/mol. The SMILES string of the molecule is N#CCC[NH2+]CCc1ccccc1. The van der Waals surface area contributed by atoms with E-state index in [1.54, 1.807) is 0 Å². The molecular weight excluding hydrogens is 160 g/mol. The molecule has 0 saturated carbocycles. The third-order valence-electron chi connectivity index (χ3n) is 1.94. The van der Waals surface area contributed by atoms with Crippen LogP contribution in [0.15, 0.2) is 30.3 Å². The van der Waals surface area contributed by atoms with Crippen molar-refractivity contribution in [3.8, 4) is 6.07 Å². The van der Waals surface area contributed by atoms with Crippen LogP contribution in [0.4, 0.5) is 0 Å². The highest BCUT2D eigenvalue weighted by Crippen LogP contribution is 1.96. The largest absolute Gasteiger partial charge is 0.345 e. The van der Waals surface area contributed by atoms with E-state index in [2.05, 4.69) is 35.7 Å². The van der Waals surface area contributed by atoms with Crippen LogP contribution in [0.3, 0.4) is 0 Å². The van der Waals surface area contributed by atoms with E-state index in [-0.39, 0.29) is 0 Å². The van der Waals surface area contributed by atoms with Gasteiger partial charge >= 0.3 is 0 Å². The fourth-order valence-corrected chi connectivity index (χ4v) is 1.22. The standard InChI is InChI=1S/C11H14N2/c12-8-4-9-13-10-7-11-5-2-1-3-6-11/h1-3,5-6,13H,4,7,9-10H2/p+1. The minimum absolute atomic E-state index is 0.648. The van der Waals surface area contributed by atoms with Gasteiger partial charge in [0.05, 0.1) is 25.6 Å². The molecule has 0 saturated heterocycles. The second kappa shape index (κ2) is 6.22. The number of nitrogens with two attached hydrogens (primary N) is 1. The van der Waals surface area contributed by atoms with Crippen molar-refractivity contribution in [3.63, 3.8) is 0 Å². The average molecular weight is 175 g/mol. The summed E-state index contributed by atoms with van der Waals surface area (Å²) in [5.74, 6) is 0. The van der Waals surface area contributed by atoms with Gasteiger partial charge in [-0.05, 0) is 5.56 Å². The number of rotatable bonds is 5. The van der Waals surface area contributed by atoms with E-state index in [9.17, 15) is 0 Å². The first-order chi connectivity index (χ1) is 6.43. The topological polar surface area (TPSA) is 40.4 Å². The van der Waals surface area contributed by atoms with E-state index >= 15 is 0 Å². The molecule has 0 amide bonds. The number of hydrogen-bond donors (Lipinski definition) is 1. The summed E-state index contributed by atoms with van der Waals surface area (Å²) < 4.78 is 0. The zero-order valence-electron chi connectivity index (χ0n) is 7.74. The molecular formula is C11H15N2+. The molecule has 0 aliphatic heterocycles. The maximum Gasteiger partial charge on any atom is 0.0887 e. The summed E-state index contributed by atoms with van der Waals surface area (Å²) in [5.41, 5.74) is 1.37. The van der Waals surface area contributed by atoms with E-state index in [1.807, 2.05) is 6.07 Å². The quantitative estimate of drug-likeness (QED) is 0.658. The fraction of sp³-hybridized carbons (Fsp3) is 0.364. The minimum atomic E-state index is 0.648. The molecule has 1 rings (SSSR count). The van der Waals surface area contributed by atoms with Gasteiger partial charge in [0.15, 0.2) is 0 Å². The normalized spacial score (nSPS) is 9.46. The van der Waals surface area contributed by atoms with Gasteiger partial charge in [0, 0.05) is 6.42 Å². The van der Waals surface area contributed by atoms with Crippen LogP contribution >= 0.6 is 0 Å². The Morgan fingerprint density at radius 2 is 1.92 bits per heavy atom. The van der Waals surface area contributed by atoms with Gasteiger partial charge in [-0.25, -0.2) is 0 Å². The van der Waals surface area contributed by atoms with E-state index in [0.29, 0.717) is 6.42 Å². The van der Waals surface area contributed by atoms with Gasteiger partial charge in [0.1, 0.15) is 0 Å². The summed E-state index contributed by atoms with van der Waals surface area (Å²) in [6, 6.07) is 12.6. The van der Waals surface area contributed by atoms with Crippen LogP contribution in [0.5, 0.6) is 0 Å². The molecule has 0 radical (unpaired) electrons. The first-order valence-corrected chi connectivity index (χ1v) is 4.66. The van der Waals surface area contributed by atoms with Crippen molar-refractivity contribution in [2.75, 3.05) is 13.1 Å². The van der Waals surface area contributed by atoms with Crippen molar-refractivity contribution in [1.82, 2.24) is 0 Å². The molecule has 1 aromatic carbocycles. The Morgan fingerprint density at radius 1 is 1.15 bits per heavy atom. The van der Waals surface area contributed by atoms with Crippen LogP contribution in [-0.2, 0) is 6.42 Å². The molecule has 2 N–H and O–H groups in total. The van der Waals surface area contributed by atoms with E-state index in [0.717, 1.165) is 19.5 Å². The molecule has 0 unspecified atom stereocenters. The minimum Gasteiger partial charge on any atom is -0.345 e. The molecule has 2 heteroatoms. The van der Waals surface area contributed by atoms with Gasteiger partial charge in [-0.2, -0.15) is 5.26 Å². The molecule has 0 aliphatic rings. The van der Waals surface area contributed by atoms with Gasteiger partial charge in [-0.3, -0.25) is 0 Å². The Bertz CT molecular complexity index is 261. The predicted molar refractivity (Wildman–Crippen MR) is 52.0 cm³/mol. The molecule has 0 heterocycles. The van der Waals surface area contributed by atoms with Gasteiger partial charge < -0.3 is 5.32 Å².